The van der Waals surface area contributed by atoms with Gasteiger partial charge in [0.25, 0.3) is 5.91 Å². The largest absolute Gasteiger partial charge is 0.441 e. The fraction of sp³-hybridized carbons (Fsp3) is 0.375. The molecule has 1 rings (SSSR count). The van der Waals surface area contributed by atoms with E-state index in [-0.39, 0.29) is 12.3 Å². The van der Waals surface area contributed by atoms with Crippen LogP contribution >= 0.6 is 0 Å². The van der Waals surface area contributed by atoms with E-state index in [1.54, 1.807) is 0 Å². The smallest absolute Gasteiger partial charge is 0.304 e. The van der Waals surface area contributed by atoms with Gasteiger partial charge in [-0.25, -0.2) is 4.90 Å². The zero-order valence-electron chi connectivity index (χ0n) is 7.15. The van der Waals surface area contributed by atoms with Gasteiger partial charge in [-0.2, -0.15) is 0 Å². The van der Waals surface area contributed by atoms with Crippen LogP contribution in [0.3, 0.4) is 0 Å². The van der Waals surface area contributed by atoms with Gasteiger partial charge in [0.2, 0.25) is 5.91 Å². The van der Waals surface area contributed by atoms with Gasteiger partial charge in [0.05, 0.1) is 6.42 Å². The number of carbonyl (C=O) groups is 3. The van der Waals surface area contributed by atoms with Gasteiger partial charge in [0.1, 0.15) is 0 Å². The molecule has 1 aliphatic rings. The third-order valence-electron chi connectivity index (χ3n) is 1.62. The number of amides is 2. The lowest BCUT2D eigenvalue weighted by molar-refractivity contribution is -0.184. The first-order chi connectivity index (χ1) is 6.06. The van der Waals surface area contributed by atoms with E-state index in [1.807, 2.05) is 0 Å². The van der Waals surface area contributed by atoms with Gasteiger partial charge in [-0.15, -0.1) is 0 Å². The Morgan fingerprint density at radius 2 is 2.31 bits per heavy atom. The van der Waals surface area contributed by atoms with Crippen LogP contribution in [-0.2, 0) is 19.1 Å². The Labute approximate surface area is 75.0 Å². The molecule has 2 amide bonds. The van der Waals surface area contributed by atoms with Crippen LogP contribution in [0.1, 0.15) is 13.3 Å². The van der Waals surface area contributed by atoms with Crippen molar-refractivity contribution in [3.8, 4) is 0 Å². The van der Waals surface area contributed by atoms with Crippen molar-refractivity contribution in [2.75, 3.05) is 0 Å². The molecule has 1 atom stereocenters. The first-order valence-corrected chi connectivity index (χ1v) is 3.72. The molecule has 1 saturated heterocycles. The second-order valence-electron chi connectivity index (χ2n) is 2.57. The number of esters is 1. The number of rotatable bonds is 2. The number of ether oxygens (including phenoxy) is 1. The van der Waals surface area contributed by atoms with Crippen molar-refractivity contribution in [2.45, 2.75) is 19.6 Å². The summed E-state index contributed by atoms with van der Waals surface area (Å²) in [4.78, 5) is 33.3. The SMILES string of the molecule is C=CC(=O)N1C(=O)CC1OC(C)=O. The van der Waals surface area contributed by atoms with E-state index in [0.29, 0.717) is 0 Å². The summed E-state index contributed by atoms with van der Waals surface area (Å²) in [6.45, 7) is 4.45. The van der Waals surface area contributed by atoms with E-state index in [4.69, 9.17) is 0 Å². The highest BCUT2D eigenvalue weighted by Crippen LogP contribution is 2.20. The third-order valence-corrected chi connectivity index (χ3v) is 1.62. The van der Waals surface area contributed by atoms with Gasteiger partial charge in [-0.05, 0) is 6.08 Å². The number of β-lactam (4-membered cyclic amide) rings is 1. The molecule has 0 N–H and O–H groups in total. The molecule has 5 nitrogen and oxygen atoms in total. The highest BCUT2D eigenvalue weighted by molar-refractivity contribution is 6.04. The van der Waals surface area contributed by atoms with Crippen molar-refractivity contribution in [3.63, 3.8) is 0 Å². The normalized spacial score (nSPS) is 20.5. The Morgan fingerprint density at radius 3 is 2.69 bits per heavy atom. The molecule has 1 unspecified atom stereocenters. The Hall–Kier alpha value is -1.65. The number of hydrogen-bond donors (Lipinski definition) is 0. The van der Waals surface area contributed by atoms with E-state index in [2.05, 4.69) is 11.3 Å². The Balaban J connectivity index is 2.61. The topological polar surface area (TPSA) is 63.7 Å². The summed E-state index contributed by atoms with van der Waals surface area (Å²) in [5.41, 5.74) is 0. The molecular formula is C8H9NO4. The Kier molecular flexibility index (Phi) is 2.46. The molecule has 1 heterocycles. The van der Waals surface area contributed by atoms with Crippen LogP contribution in [0.15, 0.2) is 12.7 Å². The standard InChI is InChI=1S/C8H9NO4/c1-3-6(11)9-7(12)4-8(9)13-5(2)10/h3,8H,1,4H2,2H3. The van der Waals surface area contributed by atoms with Crippen LogP contribution < -0.4 is 0 Å². The van der Waals surface area contributed by atoms with Crippen LogP contribution in [0.25, 0.3) is 0 Å². The van der Waals surface area contributed by atoms with Gasteiger partial charge in [-0.3, -0.25) is 14.4 Å². The maximum absolute atomic E-state index is 11.0. The summed E-state index contributed by atoms with van der Waals surface area (Å²) < 4.78 is 4.69. The molecule has 0 bridgehead atoms. The van der Waals surface area contributed by atoms with Crippen molar-refractivity contribution in [3.05, 3.63) is 12.7 Å². The van der Waals surface area contributed by atoms with E-state index >= 15 is 0 Å². The number of carbonyl (C=O) groups excluding carboxylic acids is 3. The lowest BCUT2D eigenvalue weighted by Crippen LogP contribution is -2.56. The minimum absolute atomic E-state index is 0.0686. The Bertz CT molecular complexity index is 284. The Morgan fingerprint density at radius 1 is 1.69 bits per heavy atom. The summed E-state index contributed by atoms with van der Waals surface area (Å²) in [6.07, 6.45) is 0.336. The maximum Gasteiger partial charge on any atom is 0.304 e. The van der Waals surface area contributed by atoms with Gasteiger partial charge < -0.3 is 4.74 Å². The first-order valence-electron chi connectivity index (χ1n) is 3.72. The molecular weight excluding hydrogens is 174 g/mol. The van der Waals surface area contributed by atoms with Gasteiger partial charge in [-0.1, -0.05) is 6.58 Å². The number of nitrogens with zero attached hydrogens (tertiary/aromatic N) is 1. The molecule has 0 saturated carbocycles. The van der Waals surface area contributed by atoms with Crippen molar-refractivity contribution in [1.29, 1.82) is 0 Å². The molecule has 0 spiro atoms. The number of imide groups is 1. The fourth-order valence-electron chi connectivity index (χ4n) is 1.04. The van der Waals surface area contributed by atoms with Gasteiger partial charge >= 0.3 is 5.97 Å². The maximum atomic E-state index is 11.0. The van der Waals surface area contributed by atoms with Crippen LogP contribution in [0.5, 0.6) is 0 Å². The second kappa shape index (κ2) is 3.38. The zero-order valence-corrected chi connectivity index (χ0v) is 7.15. The predicted molar refractivity (Wildman–Crippen MR) is 42.2 cm³/mol. The van der Waals surface area contributed by atoms with Crippen molar-refractivity contribution >= 4 is 17.8 Å². The minimum atomic E-state index is -0.740. The number of likely N-dealkylation sites (tertiary alicyclic amines) is 1. The summed E-state index contributed by atoms with van der Waals surface area (Å²) in [5.74, 6) is -1.40. The minimum Gasteiger partial charge on any atom is -0.441 e. The molecule has 0 aliphatic carbocycles. The zero-order chi connectivity index (χ0) is 10.0. The summed E-state index contributed by atoms with van der Waals surface area (Å²) in [6, 6.07) is 0. The second-order valence-corrected chi connectivity index (χ2v) is 2.57. The molecule has 0 radical (unpaired) electrons. The monoisotopic (exact) mass is 183 g/mol. The molecule has 0 aromatic carbocycles. The molecule has 70 valence electrons. The summed E-state index contributed by atoms with van der Waals surface area (Å²) in [5, 5.41) is 0. The van der Waals surface area contributed by atoms with Crippen LogP contribution in [0, 0.1) is 0 Å². The van der Waals surface area contributed by atoms with Crippen molar-refractivity contribution in [1.82, 2.24) is 4.90 Å². The van der Waals surface area contributed by atoms with Gasteiger partial charge in [0.15, 0.2) is 6.23 Å². The van der Waals surface area contributed by atoms with E-state index in [1.165, 1.54) is 6.92 Å². The first kappa shape index (κ1) is 9.44. The molecule has 13 heavy (non-hydrogen) atoms. The van der Waals surface area contributed by atoms with E-state index < -0.39 is 18.1 Å². The van der Waals surface area contributed by atoms with Crippen LogP contribution in [0.2, 0.25) is 0 Å². The van der Waals surface area contributed by atoms with Crippen LogP contribution in [-0.4, -0.2) is 28.9 Å². The highest BCUT2D eigenvalue weighted by Gasteiger charge is 2.41. The lowest BCUT2D eigenvalue weighted by Gasteiger charge is -2.36. The molecule has 1 aliphatic heterocycles. The molecule has 0 aromatic heterocycles. The molecule has 5 heteroatoms. The average Bonchev–Trinajstić information content (AvgIpc) is 2.02. The van der Waals surface area contributed by atoms with Gasteiger partial charge in [0, 0.05) is 6.92 Å². The predicted octanol–water partition coefficient (Wildman–Crippen LogP) is -0.180. The van der Waals surface area contributed by atoms with Crippen LogP contribution in [0.4, 0.5) is 0 Å². The van der Waals surface area contributed by atoms with E-state index in [9.17, 15) is 14.4 Å². The molecule has 0 aromatic rings. The quantitative estimate of drug-likeness (QED) is 0.338. The number of hydrogen-bond acceptors (Lipinski definition) is 4. The third kappa shape index (κ3) is 1.74. The average molecular weight is 183 g/mol. The van der Waals surface area contributed by atoms with Crippen molar-refractivity contribution in [2.24, 2.45) is 0 Å². The molecule has 1 fully saturated rings. The van der Waals surface area contributed by atoms with E-state index in [0.717, 1.165) is 11.0 Å². The van der Waals surface area contributed by atoms with Crippen molar-refractivity contribution < 1.29 is 19.1 Å². The lowest BCUT2D eigenvalue weighted by atomic mass is 10.1. The summed E-state index contributed by atoms with van der Waals surface area (Å²) >= 11 is 0. The summed E-state index contributed by atoms with van der Waals surface area (Å²) in [7, 11) is 0. The highest BCUT2D eigenvalue weighted by atomic mass is 16.6. The fourth-order valence-corrected chi connectivity index (χ4v) is 1.04.